The van der Waals surface area contributed by atoms with Crippen molar-refractivity contribution < 1.29 is 19.2 Å². The first-order chi connectivity index (χ1) is 8.88. The fraction of sp³-hybridized carbons (Fsp3) is 0.273. The average molecular weight is 267 g/mol. The number of halogens is 1. The number of nitriles is 1. The number of nitrogens with zero attached hydrogens (tertiary/aromatic N) is 3. The van der Waals surface area contributed by atoms with Crippen LogP contribution in [0.2, 0.25) is 0 Å². The van der Waals surface area contributed by atoms with E-state index in [4.69, 9.17) is 10.4 Å². The highest BCUT2D eigenvalue weighted by molar-refractivity contribution is 5.90. The molecule has 0 radical (unpaired) electrons. The number of carbonyl (C=O) groups is 1. The number of aromatic carboxylic acids is 1. The Hall–Kier alpha value is -2.69. The van der Waals surface area contributed by atoms with Crippen LogP contribution in [-0.2, 0) is 0 Å². The predicted octanol–water partition coefficient (Wildman–Crippen LogP) is 1.78. The molecule has 1 aromatic carbocycles. The van der Waals surface area contributed by atoms with Gasteiger partial charge in [0.05, 0.1) is 29.0 Å². The normalized spacial score (nSPS) is 9.74. The minimum absolute atomic E-state index is 0.0425. The van der Waals surface area contributed by atoms with Gasteiger partial charge in [-0.1, -0.05) is 0 Å². The average Bonchev–Trinajstić information content (AvgIpc) is 2.34. The second-order valence-corrected chi connectivity index (χ2v) is 3.71. The van der Waals surface area contributed by atoms with E-state index in [1.54, 1.807) is 0 Å². The number of hydrogen-bond donors (Lipinski definition) is 1. The Labute approximate surface area is 107 Å². The molecule has 19 heavy (non-hydrogen) atoms. The molecule has 100 valence electrons. The van der Waals surface area contributed by atoms with Gasteiger partial charge < -0.3 is 10.0 Å². The molecule has 0 aliphatic heterocycles. The minimum Gasteiger partial charge on any atom is -0.478 e. The summed E-state index contributed by atoms with van der Waals surface area (Å²) in [7, 11) is 1.46. The summed E-state index contributed by atoms with van der Waals surface area (Å²) in [6.07, 6.45) is 0.105. The third-order valence-electron chi connectivity index (χ3n) is 2.46. The Kier molecular flexibility index (Phi) is 4.36. The van der Waals surface area contributed by atoms with Crippen molar-refractivity contribution in [2.45, 2.75) is 6.42 Å². The fourth-order valence-electron chi connectivity index (χ4n) is 1.51. The molecule has 1 aromatic rings. The second kappa shape index (κ2) is 5.77. The summed E-state index contributed by atoms with van der Waals surface area (Å²) in [5.74, 6) is -2.68. The molecule has 0 amide bonds. The number of nitro groups is 1. The maximum Gasteiger partial charge on any atom is 0.338 e. The van der Waals surface area contributed by atoms with Gasteiger partial charge in [0.25, 0.3) is 5.69 Å². The Morgan fingerprint density at radius 1 is 1.63 bits per heavy atom. The molecule has 0 aliphatic rings. The summed E-state index contributed by atoms with van der Waals surface area (Å²) >= 11 is 0. The van der Waals surface area contributed by atoms with Crippen LogP contribution in [0.15, 0.2) is 12.1 Å². The highest BCUT2D eigenvalue weighted by Gasteiger charge is 2.23. The van der Waals surface area contributed by atoms with Gasteiger partial charge in [-0.15, -0.1) is 0 Å². The molecular formula is C11H10FN3O4. The highest BCUT2D eigenvalue weighted by atomic mass is 19.1. The zero-order valence-electron chi connectivity index (χ0n) is 9.96. The molecule has 7 nitrogen and oxygen atoms in total. The van der Waals surface area contributed by atoms with E-state index in [0.717, 1.165) is 6.07 Å². The van der Waals surface area contributed by atoms with E-state index in [2.05, 4.69) is 0 Å². The number of nitro benzene ring substituents is 1. The van der Waals surface area contributed by atoms with Crippen molar-refractivity contribution in [2.75, 3.05) is 18.5 Å². The molecule has 1 N–H and O–H groups in total. The van der Waals surface area contributed by atoms with E-state index >= 15 is 0 Å². The highest BCUT2D eigenvalue weighted by Crippen LogP contribution is 2.30. The fourth-order valence-corrected chi connectivity index (χ4v) is 1.51. The Morgan fingerprint density at radius 3 is 2.74 bits per heavy atom. The number of hydrogen-bond acceptors (Lipinski definition) is 5. The molecule has 0 aliphatic carbocycles. The topological polar surface area (TPSA) is 107 Å². The second-order valence-electron chi connectivity index (χ2n) is 3.71. The largest absolute Gasteiger partial charge is 0.478 e. The van der Waals surface area contributed by atoms with Crippen molar-refractivity contribution in [3.63, 3.8) is 0 Å². The summed E-state index contributed by atoms with van der Waals surface area (Å²) in [4.78, 5) is 22.2. The van der Waals surface area contributed by atoms with E-state index < -0.39 is 28.0 Å². The molecule has 0 saturated carbocycles. The van der Waals surface area contributed by atoms with Crippen LogP contribution < -0.4 is 4.90 Å². The molecular weight excluding hydrogens is 257 g/mol. The van der Waals surface area contributed by atoms with Crippen molar-refractivity contribution in [3.8, 4) is 6.07 Å². The van der Waals surface area contributed by atoms with Gasteiger partial charge in [0, 0.05) is 13.6 Å². The van der Waals surface area contributed by atoms with E-state index in [1.165, 1.54) is 11.9 Å². The van der Waals surface area contributed by atoms with E-state index in [-0.39, 0.29) is 18.7 Å². The first kappa shape index (κ1) is 14.4. The molecule has 1 rings (SSSR count). The zero-order valence-corrected chi connectivity index (χ0v) is 9.96. The minimum atomic E-state index is -1.51. The van der Waals surface area contributed by atoms with Crippen LogP contribution in [0.1, 0.15) is 16.8 Å². The lowest BCUT2D eigenvalue weighted by Crippen LogP contribution is -2.20. The molecule has 0 atom stereocenters. The molecule has 0 aromatic heterocycles. The van der Waals surface area contributed by atoms with Crippen LogP contribution in [0.25, 0.3) is 0 Å². The number of rotatable bonds is 5. The van der Waals surface area contributed by atoms with Gasteiger partial charge in [-0.25, -0.2) is 9.18 Å². The van der Waals surface area contributed by atoms with Crippen LogP contribution in [0.3, 0.4) is 0 Å². The van der Waals surface area contributed by atoms with Crippen molar-refractivity contribution in [3.05, 3.63) is 33.6 Å². The van der Waals surface area contributed by atoms with Gasteiger partial charge in [0.15, 0.2) is 0 Å². The van der Waals surface area contributed by atoms with Crippen LogP contribution in [0.4, 0.5) is 15.8 Å². The van der Waals surface area contributed by atoms with Crippen LogP contribution in [-0.4, -0.2) is 29.6 Å². The summed E-state index contributed by atoms with van der Waals surface area (Å²) in [6, 6.07) is 3.33. The van der Waals surface area contributed by atoms with Gasteiger partial charge in [-0.2, -0.15) is 5.26 Å². The van der Waals surface area contributed by atoms with Crippen LogP contribution in [0, 0.1) is 27.3 Å². The maximum absolute atomic E-state index is 13.4. The molecule has 0 fully saturated rings. The van der Waals surface area contributed by atoms with Gasteiger partial charge in [-0.3, -0.25) is 10.1 Å². The maximum atomic E-state index is 13.4. The summed E-state index contributed by atoms with van der Waals surface area (Å²) < 4.78 is 13.4. The molecule has 0 spiro atoms. The number of anilines is 1. The summed E-state index contributed by atoms with van der Waals surface area (Å²) in [5.41, 5.74) is -1.23. The monoisotopic (exact) mass is 267 g/mol. The Bertz CT molecular complexity index is 568. The smallest absolute Gasteiger partial charge is 0.338 e. The van der Waals surface area contributed by atoms with Crippen molar-refractivity contribution >= 4 is 17.3 Å². The molecule has 8 heteroatoms. The number of benzene rings is 1. The van der Waals surface area contributed by atoms with Crippen molar-refractivity contribution in [2.24, 2.45) is 0 Å². The van der Waals surface area contributed by atoms with Gasteiger partial charge >= 0.3 is 5.97 Å². The standard InChI is InChI=1S/C11H10FN3O4/c1-14(4-2-3-13)9-5-7(11(16)17)8(12)6-10(9)15(18)19/h5-6H,2,4H2,1H3,(H,16,17). The predicted molar refractivity (Wildman–Crippen MR) is 63.5 cm³/mol. The third-order valence-corrected chi connectivity index (χ3v) is 2.46. The van der Waals surface area contributed by atoms with Crippen molar-refractivity contribution in [1.82, 2.24) is 0 Å². The third kappa shape index (κ3) is 3.16. The molecule has 0 heterocycles. The number of carboxylic acids is 1. The SMILES string of the molecule is CN(CCC#N)c1cc(C(=O)O)c(F)cc1[N+](=O)[O-]. The van der Waals surface area contributed by atoms with Gasteiger partial charge in [-0.05, 0) is 6.07 Å². The summed E-state index contributed by atoms with van der Waals surface area (Å²) in [5, 5.41) is 28.1. The zero-order chi connectivity index (χ0) is 14.6. The van der Waals surface area contributed by atoms with E-state index in [0.29, 0.717) is 6.07 Å². The molecule has 0 bridgehead atoms. The van der Waals surface area contributed by atoms with E-state index in [9.17, 15) is 19.3 Å². The van der Waals surface area contributed by atoms with Crippen molar-refractivity contribution in [1.29, 1.82) is 5.26 Å². The Morgan fingerprint density at radius 2 is 2.26 bits per heavy atom. The summed E-state index contributed by atoms with van der Waals surface area (Å²) in [6.45, 7) is 0.169. The van der Waals surface area contributed by atoms with Crippen LogP contribution in [0.5, 0.6) is 0 Å². The first-order valence-electron chi connectivity index (χ1n) is 5.17. The molecule has 0 saturated heterocycles. The van der Waals surface area contributed by atoms with Crippen LogP contribution >= 0.6 is 0 Å². The van der Waals surface area contributed by atoms with Gasteiger partial charge in [0.1, 0.15) is 11.5 Å². The van der Waals surface area contributed by atoms with E-state index in [1.807, 2.05) is 6.07 Å². The number of carboxylic acid groups (broad SMARTS) is 1. The quantitative estimate of drug-likeness (QED) is 0.643. The molecule has 0 unspecified atom stereocenters. The first-order valence-corrected chi connectivity index (χ1v) is 5.17. The lowest BCUT2D eigenvalue weighted by atomic mass is 10.1. The Balaban J connectivity index is 3.33. The lowest BCUT2D eigenvalue weighted by Gasteiger charge is -2.18. The van der Waals surface area contributed by atoms with Gasteiger partial charge in [0.2, 0.25) is 0 Å². The lowest BCUT2D eigenvalue weighted by molar-refractivity contribution is -0.384.